The van der Waals surface area contributed by atoms with E-state index < -0.39 is 0 Å². The molecule has 3 nitrogen and oxygen atoms in total. The molecule has 0 spiro atoms. The standard InChI is InChI=1S/C18H26N2O/c19-16-8-4-7-15(16)12-18(21)20-17(14-9-10-14)11-13-5-2-1-3-6-13/h1-3,5-6,14-17H,4,7-12,19H2,(H,20,21)/t15-,16+,17?/m0/s1. The van der Waals surface area contributed by atoms with Crippen LogP contribution in [0, 0.1) is 11.8 Å². The van der Waals surface area contributed by atoms with Crippen LogP contribution in [-0.4, -0.2) is 18.0 Å². The minimum absolute atomic E-state index is 0.199. The molecule has 3 N–H and O–H groups in total. The van der Waals surface area contributed by atoms with Crippen LogP contribution in [-0.2, 0) is 11.2 Å². The van der Waals surface area contributed by atoms with Gasteiger partial charge in [-0.1, -0.05) is 36.8 Å². The van der Waals surface area contributed by atoms with Crippen molar-refractivity contribution in [3.63, 3.8) is 0 Å². The Labute approximate surface area is 127 Å². The SMILES string of the molecule is N[C@@H]1CCC[C@H]1CC(=O)NC(Cc1ccccc1)C1CC1. The van der Waals surface area contributed by atoms with Crippen molar-refractivity contribution in [2.75, 3.05) is 0 Å². The Balaban J connectivity index is 1.54. The molecule has 2 fully saturated rings. The van der Waals surface area contributed by atoms with Crippen molar-refractivity contribution >= 4 is 5.91 Å². The highest BCUT2D eigenvalue weighted by Gasteiger charge is 2.33. The molecule has 1 unspecified atom stereocenters. The Hall–Kier alpha value is -1.35. The molecule has 0 radical (unpaired) electrons. The molecule has 2 aliphatic rings. The summed E-state index contributed by atoms with van der Waals surface area (Å²) in [4.78, 5) is 12.3. The zero-order chi connectivity index (χ0) is 14.7. The van der Waals surface area contributed by atoms with Crippen molar-refractivity contribution in [3.8, 4) is 0 Å². The third-order valence-electron chi connectivity index (χ3n) is 5.00. The first-order chi connectivity index (χ1) is 10.2. The van der Waals surface area contributed by atoms with E-state index in [4.69, 9.17) is 5.73 Å². The molecule has 3 heteroatoms. The molecule has 3 atom stereocenters. The van der Waals surface area contributed by atoms with E-state index in [2.05, 4.69) is 29.6 Å². The molecule has 114 valence electrons. The molecule has 2 aliphatic carbocycles. The maximum atomic E-state index is 12.3. The second-order valence-corrected chi connectivity index (χ2v) is 6.76. The van der Waals surface area contributed by atoms with Crippen LogP contribution in [0.4, 0.5) is 0 Å². The third kappa shape index (κ3) is 4.07. The number of nitrogens with two attached hydrogens (primary N) is 1. The van der Waals surface area contributed by atoms with E-state index in [0.29, 0.717) is 24.3 Å². The van der Waals surface area contributed by atoms with Gasteiger partial charge < -0.3 is 11.1 Å². The zero-order valence-corrected chi connectivity index (χ0v) is 12.6. The van der Waals surface area contributed by atoms with E-state index in [9.17, 15) is 4.79 Å². The highest BCUT2D eigenvalue weighted by molar-refractivity contribution is 5.76. The fourth-order valence-corrected chi connectivity index (χ4v) is 3.52. The lowest BCUT2D eigenvalue weighted by Gasteiger charge is -2.21. The lowest BCUT2D eigenvalue weighted by molar-refractivity contribution is -0.122. The Morgan fingerprint density at radius 2 is 1.95 bits per heavy atom. The molecule has 0 aromatic heterocycles. The Kier molecular flexibility index (Phi) is 4.59. The molecule has 2 saturated carbocycles. The largest absolute Gasteiger partial charge is 0.353 e. The fourth-order valence-electron chi connectivity index (χ4n) is 3.52. The number of carbonyl (C=O) groups excluding carboxylic acids is 1. The summed E-state index contributed by atoms with van der Waals surface area (Å²) >= 11 is 0. The van der Waals surface area contributed by atoms with Gasteiger partial charge in [0.25, 0.3) is 0 Å². The molecule has 1 aromatic carbocycles. The summed E-state index contributed by atoms with van der Waals surface area (Å²) < 4.78 is 0. The van der Waals surface area contributed by atoms with Crippen LogP contribution in [0.25, 0.3) is 0 Å². The average molecular weight is 286 g/mol. The number of benzene rings is 1. The van der Waals surface area contributed by atoms with Crippen LogP contribution in [0.3, 0.4) is 0 Å². The van der Waals surface area contributed by atoms with Gasteiger partial charge in [0.05, 0.1) is 0 Å². The minimum Gasteiger partial charge on any atom is -0.353 e. The van der Waals surface area contributed by atoms with Crippen LogP contribution in [0.15, 0.2) is 30.3 Å². The van der Waals surface area contributed by atoms with Gasteiger partial charge in [0.1, 0.15) is 0 Å². The normalized spacial score (nSPS) is 26.5. The van der Waals surface area contributed by atoms with Gasteiger partial charge in [-0.3, -0.25) is 4.79 Å². The number of hydrogen-bond donors (Lipinski definition) is 2. The van der Waals surface area contributed by atoms with Gasteiger partial charge in [0.2, 0.25) is 5.91 Å². The maximum Gasteiger partial charge on any atom is 0.220 e. The van der Waals surface area contributed by atoms with E-state index in [-0.39, 0.29) is 11.9 Å². The molecule has 0 saturated heterocycles. The van der Waals surface area contributed by atoms with Crippen LogP contribution in [0.5, 0.6) is 0 Å². The van der Waals surface area contributed by atoms with E-state index in [1.54, 1.807) is 0 Å². The van der Waals surface area contributed by atoms with Gasteiger partial charge in [-0.25, -0.2) is 0 Å². The lowest BCUT2D eigenvalue weighted by Crippen LogP contribution is -2.40. The summed E-state index contributed by atoms with van der Waals surface area (Å²) in [7, 11) is 0. The molecule has 21 heavy (non-hydrogen) atoms. The summed E-state index contributed by atoms with van der Waals surface area (Å²) in [5.41, 5.74) is 7.39. The molecule has 0 heterocycles. The zero-order valence-electron chi connectivity index (χ0n) is 12.6. The van der Waals surface area contributed by atoms with Gasteiger partial charge >= 0.3 is 0 Å². The highest BCUT2D eigenvalue weighted by Crippen LogP contribution is 2.34. The second kappa shape index (κ2) is 6.61. The first-order valence-corrected chi connectivity index (χ1v) is 8.31. The topological polar surface area (TPSA) is 55.1 Å². The van der Waals surface area contributed by atoms with Crippen LogP contribution >= 0.6 is 0 Å². The predicted octanol–water partition coefficient (Wildman–Crippen LogP) is 2.64. The quantitative estimate of drug-likeness (QED) is 0.844. The van der Waals surface area contributed by atoms with Crippen molar-refractivity contribution in [1.82, 2.24) is 5.32 Å². The molecular formula is C18H26N2O. The van der Waals surface area contributed by atoms with Gasteiger partial charge in [-0.2, -0.15) is 0 Å². The Morgan fingerprint density at radius 3 is 2.57 bits per heavy atom. The fraction of sp³-hybridized carbons (Fsp3) is 0.611. The van der Waals surface area contributed by atoms with Gasteiger partial charge in [0, 0.05) is 18.5 Å². The first-order valence-electron chi connectivity index (χ1n) is 8.31. The molecule has 3 rings (SSSR count). The lowest BCUT2D eigenvalue weighted by atomic mass is 9.98. The van der Waals surface area contributed by atoms with E-state index in [1.807, 2.05) is 6.07 Å². The van der Waals surface area contributed by atoms with E-state index >= 15 is 0 Å². The second-order valence-electron chi connectivity index (χ2n) is 6.76. The average Bonchev–Trinajstić information content (AvgIpc) is 3.25. The van der Waals surface area contributed by atoms with Crippen LogP contribution in [0.1, 0.15) is 44.1 Å². The van der Waals surface area contributed by atoms with Gasteiger partial charge in [0.15, 0.2) is 0 Å². The predicted molar refractivity (Wildman–Crippen MR) is 84.7 cm³/mol. The van der Waals surface area contributed by atoms with Crippen molar-refractivity contribution in [2.45, 2.75) is 57.0 Å². The number of carbonyl (C=O) groups is 1. The number of nitrogens with one attached hydrogen (secondary N) is 1. The minimum atomic E-state index is 0.199. The number of amides is 1. The van der Waals surface area contributed by atoms with Crippen LogP contribution in [0.2, 0.25) is 0 Å². The summed E-state index contributed by atoms with van der Waals surface area (Å²) in [5, 5.41) is 3.28. The molecule has 1 aromatic rings. The summed E-state index contributed by atoms with van der Waals surface area (Å²) in [6.45, 7) is 0. The molecule has 0 bridgehead atoms. The van der Waals surface area contributed by atoms with E-state index in [0.717, 1.165) is 19.3 Å². The maximum absolute atomic E-state index is 12.3. The van der Waals surface area contributed by atoms with Crippen molar-refractivity contribution in [1.29, 1.82) is 0 Å². The Morgan fingerprint density at radius 1 is 1.19 bits per heavy atom. The highest BCUT2D eigenvalue weighted by atomic mass is 16.1. The van der Waals surface area contributed by atoms with E-state index in [1.165, 1.54) is 24.8 Å². The molecule has 1 amide bonds. The summed E-state index contributed by atoms with van der Waals surface area (Å²) in [6, 6.07) is 11.0. The molecule has 0 aliphatic heterocycles. The first kappa shape index (κ1) is 14.6. The Bertz CT molecular complexity index is 469. The number of rotatable bonds is 6. The van der Waals surface area contributed by atoms with Crippen molar-refractivity contribution in [2.24, 2.45) is 17.6 Å². The third-order valence-corrected chi connectivity index (χ3v) is 5.00. The molecular weight excluding hydrogens is 260 g/mol. The number of hydrogen-bond acceptors (Lipinski definition) is 2. The van der Waals surface area contributed by atoms with Crippen LogP contribution < -0.4 is 11.1 Å². The van der Waals surface area contributed by atoms with Gasteiger partial charge in [-0.05, 0) is 49.5 Å². The summed E-state index contributed by atoms with van der Waals surface area (Å²) in [5.74, 6) is 1.26. The summed E-state index contributed by atoms with van der Waals surface area (Å²) in [6.07, 6.45) is 7.43. The van der Waals surface area contributed by atoms with Gasteiger partial charge in [-0.15, -0.1) is 0 Å². The monoisotopic (exact) mass is 286 g/mol. The van der Waals surface area contributed by atoms with Crippen molar-refractivity contribution < 1.29 is 4.79 Å². The smallest absolute Gasteiger partial charge is 0.220 e. The van der Waals surface area contributed by atoms with Crippen molar-refractivity contribution in [3.05, 3.63) is 35.9 Å².